The summed E-state index contributed by atoms with van der Waals surface area (Å²) >= 11 is 0. The highest BCUT2D eigenvalue weighted by molar-refractivity contribution is 5.78. The van der Waals surface area contributed by atoms with Crippen molar-refractivity contribution >= 4 is 17.0 Å². The van der Waals surface area contributed by atoms with Gasteiger partial charge in [0, 0.05) is 38.6 Å². The first-order valence-electron chi connectivity index (χ1n) is 11.3. The molecule has 2 aliphatic rings. The molecule has 3 heterocycles. The molecule has 30 heavy (non-hydrogen) atoms. The Labute approximate surface area is 178 Å². The summed E-state index contributed by atoms with van der Waals surface area (Å²) < 4.78 is 11.8. The van der Waals surface area contributed by atoms with Gasteiger partial charge in [0.05, 0.1) is 19.3 Å². The molecule has 0 spiro atoms. The van der Waals surface area contributed by atoms with Gasteiger partial charge >= 0.3 is 0 Å². The van der Waals surface area contributed by atoms with E-state index in [1.165, 1.54) is 0 Å². The molecule has 7 heteroatoms. The quantitative estimate of drug-likeness (QED) is 0.751. The Bertz CT molecular complexity index is 804. The number of hydrogen-bond acceptors (Lipinski definition) is 6. The number of hydrogen-bond donors (Lipinski definition) is 1. The van der Waals surface area contributed by atoms with Crippen molar-refractivity contribution in [3.63, 3.8) is 0 Å². The first kappa shape index (κ1) is 21.3. The van der Waals surface area contributed by atoms with Crippen LogP contribution in [-0.2, 0) is 9.53 Å². The molecular weight excluding hydrogens is 380 g/mol. The number of ether oxygens (including phenoxy) is 1. The van der Waals surface area contributed by atoms with Crippen molar-refractivity contribution in [3.8, 4) is 0 Å². The van der Waals surface area contributed by atoms with Gasteiger partial charge in [0.2, 0.25) is 5.91 Å². The number of carbonyl (C=O) groups is 1. The van der Waals surface area contributed by atoms with Gasteiger partial charge in [-0.15, -0.1) is 0 Å². The van der Waals surface area contributed by atoms with E-state index >= 15 is 0 Å². The van der Waals surface area contributed by atoms with Crippen molar-refractivity contribution in [2.75, 3.05) is 52.4 Å². The molecule has 0 bridgehead atoms. The zero-order valence-corrected chi connectivity index (χ0v) is 18.2. The zero-order chi connectivity index (χ0) is 20.9. The van der Waals surface area contributed by atoms with Crippen LogP contribution in [-0.4, -0.2) is 79.2 Å². The molecule has 1 aromatic carbocycles. The fraction of sp³-hybridized carbons (Fsp3) is 0.652. The number of fused-ring (bicyclic) bond motifs is 1. The van der Waals surface area contributed by atoms with Crippen LogP contribution in [0.1, 0.15) is 38.5 Å². The molecule has 2 aliphatic heterocycles. The Hall–Kier alpha value is -1.96. The summed E-state index contributed by atoms with van der Waals surface area (Å²) in [6.45, 7) is 10.9. The van der Waals surface area contributed by atoms with Crippen molar-refractivity contribution in [1.29, 1.82) is 0 Å². The number of aromatic nitrogens is 1. The standard InChI is InChI=1S/C23H34N4O3/c1-17(2)13-27-10-11-29-19(15-27)12-24-22(28)16-26-9-5-6-18(14-26)23-25-20-7-3-4-8-21(20)30-23/h3-4,7-8,17-19H,5-6,9-16H2,1-2H3,(H,24,28). The highest BCUT2D eigenvalue weighted by Gasteiger charge is 2.27. The Morgan fingerprint density at radius 2 is 2.10 bits per heavy atom. The molecule has 2 atom stereocenters. The number of nitrogens with one attached hydrogen (secondary N) is 1. The van der Waals surface area contributed by atoms with Crippen LogP contribution in [0.5, 0.6) is 0 Å². The lowest BCUT2D eigenvalue weighted by molar-refractivity contribution is -0.123. The first-order chi connectivity index (χ1) is 14.6. The van der Waals surface area contributed by atoms with Gasteiger partial charge in [-0.05, 0) is 37.4 Å². The average Bonchev–Trinajstić information content (AvgIpc) is 3.17. The Morgan fingerprint density at radius 3 is 2.93 bits per heavy atom. The number of amides is 1. The SMILES string of the molecule is CC(C)CN1CCOC(CNC(=O)CN2CCCC(c3nc4ccccc4o3)C2)C1. The monoisotopic (exact) mass is 414 g/mol. The van der Waals surface area contributed by atoms with Crippen LogP contribution in [0, 0.1) is 5.92 Å². The highest BCUT2D eigenvalue weighted by Crippen LogP contribution is 2.28. The fourth-order valence-electron chi connectivity index (χ4n) is 4.54. The van der Waals surface area contributed by atoms with E-state index in [0.717, 1.165) is 69.2 Å². The van der Waals surface area contributed by atoms with Crippen LogP contribution >= 0.6 is 0 Å². The predicted octanol–water partition coefficient (Wildman–Crippen LogP) is 2.48. The second kappa shape index (κ2) is 9.90. The molecule has 7 nitrogen and oxygen atoms in total. The van der Waals surface area contributed by atoms with Crippen LogP contribution in [0.15, 0.2) is 28.7 Å². The summed E-state index contributed by atoms with van der Waals surface area (Å²) in [6, 6.07) is 7.87. The number of oxazole rings is 1. The Morgan fingerprint density at radius 1 is 1.23 bits per heavy atom. The average molecular weight is 415 g/mol. The molecule has 2 unspecified atom stereocenters. The van der Waals surface area contributed by atoms with Crippen molar-refractivity contribution in [2.24, 2.45) is 5.92 Å². The third-order valence-electron chi connectivity index (χ3n) is 5.91. The van der Waals surface area contributed by atoms with E-state index in [-0.39, 0.29) is 17.9 Å². The number of benzene rings is 1. The second-order valence-electron chi connectivity index (χ2n) is 9.04. The van der Waals surface area contributed by atoms with E-state index < -0.39 is 0 Å². The van der Waals surface area contributed by atoms with E-state index in [1.54, 1.807) is 0 Å². The minimum absolute atomic E-state index is 0.0674. The highest BCUT2D eigenvalue weighted by atomic mass is 16.5. The largest absolute Gasteiger partial charge is 0.440 e. The van der Waals surface area contributed by atoms with Gasteiger partial charge in [0.1, 0.15) is 5.52 Å². The van der Waals surface area contributed by atoms with Crippen molar-refractivity contribution in [1.82, 2.24) is 20.1 Å². The molecule has 0 saturated carbocycles. The Balaban J connectivity index is 1.24. The van der Waals surface area contributed by atoms with Gasteiger partial charge in [-0.3, -0.25) is 14.6 Å². The summed E-state index contributed by atoms with van der Waals surface area (Å²) in [6.07, 6.45) is 2.18. The third kappa shape index (κ3) is 5.59. The molecule has 0 radical (unpaired) electrons. The van der Waals surface area contributed by atoms with E-state index in [2.05, 4.69) is 33.9 Å². The molecule has 0 aliphatic carbocycles. The number of piperidine rings is 1. The minimum atomic E-state index is 0.0674. The maximum atomic E-state index is 12.5. The van der Waals surface area contributed by atoms with Crippen molar-refractivity contribution in [2.45, 2.75) is 38.7 Å². The molecule has 2 saturated heterocycles. The second-order valence-corrected chi connectivity index (χ2v) is 9.04. The maximum Gasteiger partial charge on any atom is 0.234 e. The summed E-state index contributed by atoms with van der Waals surface area (Å²) in [5.74, 6) is 1.75. The fourth-order valence-corrected chi connectivity index (χ4v) is 4.54. The third-order valence-corrected chi connectivity index (χ3v) is 5.91. The van der Waals surface area contributed by atoms with Crippen molar-refractivity contribution < 1.29 is 13.9 Å². The van der Waals surface area contributed by atoms with Gasteiger partial charge in [-0.25, -0.2) is 4.98 Å². The van der Waals surface area contributed by atoms with E-state index in [4.69, 9.17) is 9.15 Å². The summed E-state index contributed by atoms with van der Waals surface area (Å²) in [5.41, 5.74) is 1.74. The smallest absolute Gasteiger partial charge is 0.234 e. The number of nitrogens with zero attached hydrogens (tertiary/aromatic N) is 3. The molecule has 1 amide bonds. The number of likely N-dealkylation sites (tertiary alicyclic amines) is 1. The van der Waals surface area contributed by atoms with Gasteiger partial charge in [-0.1, -0.05) is 26.0 Å². The van der Waals surface area contributed by atoms with E-state index in [0.29, 0.717) is 19.0 Å². The summed E-state index contributed by atoms with van der Waals surface area (Å²) in [4.78, 5) is 21.8. The van der Waals surface area contributed by atoms with Crippen LogP contribution in [0.4, 0.5) is 0 Å². The number of rotatable bonds is 7. The van der Waals surface area contributed by atoms with Gasteiger partial charge in [0.25, 0.3) is 0 Å². The molecule has 2 aromatic rings. The van der Waals surface area contributed by atoms with Gasteiger partial charge < -0.3 is 14.5 Å². The van der Waals surface area contributed by atoms with Gasteiger partial charge in [0.15, 0.2) is 11.5 Å². The molecule has 1 N–H and O–H groups in total. The maximum absolute atomic E-state index is 12.5. The normalized spacial score (nSPS) is 23.8. The van der Waals surface area contributed by atoms with Crippen LogP contribution in [0.2, 0.25) is 0 Å². The van der Waals surface area contributed by atoms with Crippen LogP contribution in [0.25, 0.3) is 11.1 Å². The van der Waals surface area contributed by atoms with Crippen molar-refractivity contribution in [3.05, 3.63) is 30.2 Å². The lowest BCUT2D eigenvalue weighted by atomic mass is 9.98. The summed E-state index contributed by atoms with van der Waals surface area (Å²) in [7, 11) is 0. The number of para-hydroxylation sites is 2. The van der Waals surface area contributed by atoms with E-state index in [9.17, 15) is 4.79 Å². The lowest BCUT2D eigenvalue weighted by Crippen LogP contribution is -2.50. The number of carbonyl (C=O) groups excluding carboxylic acids is 1. The number of morpholine rings is 1. The zero-order valence-electron chi connectivity index (χ0n) is 18.2. The molecule has 2 fully saturated rings. The summed E-state index contributed by atoms with van der Waals surface area (Å²) in [5, 5.41) is 3.08. The molecule has 164 valence electrons. The molecular formula is C23H34N4O3. The Kier molecular flexibility index (Phi) is 7.02. The lowest BCUT2D eigenvalue weighted by Gasteiger charge is -2.34. The van der Waals surface area contributed by atoms with Crippen LogP contribution < -0.4 is 5.32 Å². The first-order valence-corrected chi connectivity index (χ1v) is 11.3. The van der Waals surface area contributed by atoms with Gasteiger partial charge in [-0.2, -0.15) is 0 Å². The minimum Gasteiger partial charge on any atom is -0.440 e. The van der Waals surface area contributed by atoms with Crippen LogP contribution in [0.3, 0.4) is 0 Å². The predicted molar refractivity (Wildman–Crippen MR) is 116 cm³/mol. The molecule has 1 aromatic heterocycles. The topological polar surface area (TPSA) is 70.8 Å². The van der Waals surface area contributed by atoms with E-state index in [1.807, 2.05) is 24.3 Å². The molecule has 4 rings (SSSR count).